The standard InChI is InChI=1S/C14H24N4O2S/c1-4-17(5-2)21(19,20)18-10-6-7-13(18)12-8-9-16-14(11-12)15-3/h8-9,11,13H,4-7,10H2,1-3H3,(H,15,16). The van der Waals surface area contributed by atoms with Gasteiger partial charge in [0.25, 0.3) is 10.2 Å². The summed E-state index contributed by atoms with van der Waals surface area (Å²) in [5.41, 5.74) is 1.00. The van der Waals surface area contributed by atoms with E-state index < -0.39 is 10.2 Å². The molecule has 2 heterocycles. The molecule has 0 radical (unpaired) electrons. The second-order valence-electron chi connectivity index (χ2n) is 5.09. The Bertz CT molecular complexity index is 572. The Hall–Kier alpha value is -1.18. The minimum atomic E-state index is -3.39. The second kappa shape index (κ2) is 6.72. The summed E-state index contributed by atoms with van der Waals surface area (Å²) in [7, 11) is -1.58. The predicted octanol–water partition coefficient (Wildman–Crippen LogP) is 1.85. The third-order valence-electron chi connectivity index (χ3n) is 3.96. The first kappa shape index (κ1) is 16.2. The Morgan fingerprint density at radius 2 is 2.14 bits per heavy atom. The fourth-order valence-electron chi connectivity index (χ4n) is 2.84. The van der Waals surface area contributed by atoms with Gasteiger partial charge in [-0.15, -0.1) is 0 Å². The molecule has 0 aromatic carbocycles. The molecule has 0 aliphatic carbocycles. The van der Waals surface area contributed by atoms with Crippen LogP contribution in [0.5, 0.6) is 0 Å². The molecule has 0 saturated carbocycles. The first-order chi connectivity index (χ1) is 10.0. The van der Waals surface area contributed by atoms with Crippen molar-refractivity contribution in [2.24, 2.45) is 0 Å². The number of rotatable bonds is 6. The Morgan fingerprint density at radius 3 is 2.76 bits per heavy atom. The number of hydrogen-bond acceptors (Lipinski definition) is 4. The zero-order valence-electron chi connectivity index (χ0n) is 12.9. The minimum absolute atomic E-state index is 0.0919. The molecule has 2 rings (SSSR count). The van der Waals surface area contributed by atoms with Crippen molar-refractivity contribution in [2.45, 2.75) is 32.7 Å². The van der Waals surface area contributed by atoms with Crippen molar-refractivity contribution in [3.63, 3.8) is 0 Å². The summed E-state index contributed by atoms with van der Waals surface area (Å²) >= 11 is 0. The van der Waals surface area contributed by atoms with Crippen molar-refractivity contribution in [3.8, 4) is 0 Å². The van der Waals surface area contributed by atoms with Crippen LogP contribution in [0.4, 0.5) is 5.82 Å². The lowest BCUT2D eigenvalue weighted by Gasteiger charge is -2.30. The molecular weight excluding hydrogens is 288 g/mol. The van der Waals surface area contributed by atoms with Crippen LogP contribution in [0.15, 0.2) is 18.3 Å². The lowest BCUT2D eigenvalue weighted by Crippen LogP contribution is -2.43. The highest BCUT2D eigenvalue weighted by Crippen LogP contribution is 2.35. The maximum atomic E-state index is 12.8. The van der Waals surface area contributed by atoms with Gasteiger partial charge in [-0.25, -0.2) is 4.98 Å². The van der Waals surface area contributed by atoms with Crippen LogP contribution < -0.4 is 5.32 Å². The number of nitrogens with one attached hydrogen (secondary N) is 1. The Morgan fingerprint density at radius 1 is 1.43 bits per heavy atom. The van der Waals surface area contributed by atoms with Crippen molar-refractivity contribution >= 4 is 16.0 Å². The van der Waals surface area contributed by atoms with E-state index in [1.807, 2.05) is 33.0 Å². The monoisotopic (exact) mass is 312 g/mol. The van der Waals surface area contributed by atoms with E-state index in [1.165, 1.54) is 4.31 Å². The zero-order chi connectivity index (χ0) is 15.5. The van der Waals surface area contributed by atoms with Gasteiger partial charge < -0.3 is 5.32 Å². The SMILES string of the molecule is CCN(CC)S(=O)(=O)N1CCCC1c1ccnc(NC)c1. The molecule has 1 atom stereocenters. The number of hydrogen-bond donors (Lipinski definition) is 1. The van der Waals surface area contributed by atoms with Gasteiger partial charge in [-0.1, -0.05) is 13.8 Å². The van der Waals surface area contributed by atoms with Crippen LogP contribution in [-0.4, -0.2) is 48.7 Å². The van der Waals surface area contributed by atoms with Crippen LogP contribution in [0.1, 0.15) is 38.3 Å². The number of aromatic nitrogens is 1. The van der Waals surface area contributed by atoms with E-state index in [-0.39, 0.29) is 6.04 Å². The average molecular weight is 312 g/mol. The topological polar surface area (TPSA) is 65.5 Å². The number of nitrogens with zero attached hydrogens (tertiary/aromatic N) is 3. The first-order valence-electron chi connectivity index (χ1n) is 7.45. The lowest BCUT2D eigenvalue weighted by molar-refractivity contribution is 0.338. The summed E-state index contributed by atoms with van der Waals surface area (Å²) in [6.07, 6.45) is 3.47. The molecule has 0 bridgehead atoms. The fourth-order valence-corrected chi connectivity index (χ4v) is 4.70. The van der Waals surface area contributed by atoms with Gasteiger partial charge in [-0.2, -0.15) is 17.0 Å². The summed E-state index contributed by atoms with van der Waals surface area (Å²) in [4.78, 5) is 4.19. The van der Waals surface area contributed by atoms with E-state index in [1.54, 1.807) is 10.5 Å². The maximum Gasteiger partial charge on any atom is 0.282 e. The van der Waals surface area contributed by atoms with Crippen LogP contribution in [0.25, 0.3) is 0 Å². The van der Waals surface area contributed by atoms with Crippen LogP contribution in [0, 0.1) is 0 Å². The zero-order valence-corrected chi connectivity index (χ0v) is 13.7. The molecule has 21 heavy (non-hydrogen) atoms. The van der Waals surface area contributed by atoms with Gasteiger partial charge in [0.05, 0.1) is 6.04 Å². The van der Waals surface area contributed by atoms with Crippen molar-refractivity contribution < 1.29 is 8.42 Å². The average Bonchev–Trinajstić information content (AvgIpc) is 2.98. The normalized spacial score (nSPS) is 20.1. The first-order valence-corrected chi connectivity index (χ1v) is 8.84. The molecule has 1 fully saturated rings. The largest absolute Gasteiger partial charge is 0.373 e. The van der Waals surface area contributed by atoms with Gasteiger partial charge in [-0.05, 0) is 30.5 Å². The molecule has 1 aromatic heterocycles. The molecule has 6 nitrogen and oxygen atoms in total. The molecule has 1 aliphatic rings. The van der Waals surface area contributed by atoms with Gasteiger partial charge in [0.2, 0.25) is 0 Å². The minimum Gasteiger partial charge on any atom is -0.373 e. The second-order valence-corrected chi connectivity index (χ2v) is 6.97. The highest BCUT2D eigenvalue weighted by atomic mass is 32.2. The Balaban J connectivity index is 2.32. The van der Waals surface area contributed by atoms with Crippen molar-refractivity contribution in [2.75, 3.05) is 32.0 Å². The highest BCUT2D eigenvalue weighted by molar-refractivity contribution is 7.86. The van der Waals surface area contributed by atoms with Crippen molar-refractivity contribution in [3.05, 3.63) is 23.9 Å². The molecule has 1 N–H and O–H groups in total. The van der Waals surface area contributed by atoms with Gasteiger partial charge >= 0.3 is 0 Å². The summed E-state index contributed by atoms with van der Waals surface area (Å²) < 4.78 is 28.7. The van der Waals surface area contributed by atoms with Crippen molar-refractivity contribution in [1.82, 2.24) is 13.6 Å². The molecule has 1 aliphatic heterocycles. The molecular formula is C14H24N4O2S. The molecule has 1 saturated heterocycles. The smallest absolute Gasteiger partial charge is 0.282 e. The van der Waals surface area contributed by atoms with Gasteiger partial charge in [0, 0.05) is 32.9 Å². The predicted molar refractivity (Wildman–Crippen MR) is 84.3 cm³/mol. The maximum absolute atomic E-state index is 12.8. The van der Waals surface area contributed by atoms with E-state index in [0.717, 1.165) is 24.2 Å². The highest BCUT2D eigenvalue weighted by Gasteiger charge is 2.37. The third-order valence-corrected chi connectivity index (χ3v) is 6.16. The summed E-state index contributed by atoms with van der Waals surface area (Å²) in [6.45, 7) is 5.33. The molecule has 1 aromatic rings. The van der Waals surface area contributed by atoms with E-state index in [4.69, 9.17) is 0 Å². The molecule has 7 heteroatoms. The van der Waals surface area contributed by atoms with Crippen LogP contribution >= 0.6 is 0 Å². The molecule has 1 unspecified atom stereocenters. The lowest BCUT2D eigenvalue weighted by atomic mass is 10.1. The number of pyridine rings is 1. The fraction of sp³-hybridized carbons (Fsp3) is 0.643. The number of anilines is 1. The quantitative estimate of drug-likeness (QED) is 0.870. The van der Waals surface area contributed by atoms with Crippen LogP contribution in [-0.2, 0) is 10.2 Å². The molecule has 0 spiro atoms. The summed E-state index contributed by atoms with van der Waals surface area (Å²) in [6, 6.07) is 3.74. The Kier molecular flexibility index (Phi) is 5.18. The van der Waals surface area contributed by atoms with E-state index in [0.29, 0.717) is 19.6 Å². The Labute approximate surface area is 127 Å². The van der Waals surface area contributed by atoms with E-state index in [2.05, 4.69) is 10.3 Å². The molecule has 118 valence electrons. The van der Waals surface area contributed by atoms with E-state index >= 15 is 0 Å². The van der Waals surface area contributed by atoms with Gasteiger partial charge in [0.1, 0.15) is 5.82 Å². The summed E-state index contributed by atoms with van der Waals surface area (Å²) in [5.74, 6) is 0.764. The third kappa shape index (κ3) is 3.20. The van der Waals surface area contributed by atoms with Gasteiger partial charge in [0.15, 0.2) is 0 Å². The summed E-state index contributed by atoms with van der Waals surface area (Å²) in [5, 5.41) is 3.00. The van der Waals surface area contributed by atoms with Crippen LogP contribution in [0.2, 0.25) is 0 Å². The molecule has 0 amide bonds. The van der Waals surface area contributed by atoms with Crippen LogP contribution in [0.3, 0.4) is 0 Å². The van der Waals surface area contributed by atoms with Gasteiger partial charge in [-0.3, -0.25) is 0 Å². The van der Waals surface area contributed by atoms with E-state index in [9.17, 15) is 8.42 Å². The van der Waals surface area contributed by atoms with Crippen molar-refractivity contribution in [1.29, 1.82) is 0 Å².